The van der Waals surface area contributed by atoms with Gasteiger partial charge in [-0.3, -0.25) is 4.98 Å². The zero-order valence-electron chi connectivity index (χ0n) is 10.2. The standard InChI is InChI=1S/C13H9ClF3NO2/c1-19-12-9(6-18-7-10(12)14)8-4-2-3-5-11(8)20-13(15,16)17/h2-7H,1H3. The van der Waals surface area contributed by atoms with Crippen LogP contribution in [0.2, 0.25) is 5.02 Å². The van der Waals surface area contributed by atoms with E-state index in [1.54, 1.807) is 6.07 Å². The Bertz CT molecular complexity index is 617. The number of nitrogens with zero attached hydrogens (tertiary/aromatic N) is 1. The second-order valence-electron chi connectivity index (χ2n) is 3.75. The number of alkyl halides is 3. The molecule has 1 heterocycles. The SMILES string of the molecule is COc1c(Cl)cncc1-c1ccccc1OC(F)(F)F. The van der Waals surface area contributed by atoms with Crippen molar-refractivity contribution >= 4 is 11.6 Å². The highest BCUT2D eigenvalue weighted by atomic mass is 35.5. The van der Waals surface area contributed by atoms with Crippen LogP contribution in [0.25, 0.3) is 11.1 Å². The third-order valence-corrected chi connectivity index (χ3v) is 2.73. The topological polar surface area (TPSA) is 31.4 Å². The summed E-state index contributed by atoms with van der Waals surface area (Å²) in [6, 6.07) is 5.70. The van der Waals surface area contributed by atoms with Gasteiger partial charge in [-0.15, -0.1) is 13.2 Å². The highest BCUT2D eigenvalue weighted by Gasteiger charge is 2.32. The van der Waals surface area contributed by atoms with Crippen molar-refractivity contribution in [1.29, 1.82) is 0 Å². The molecule has 3 nitrogen and oxygen atoms in total. The molecule has 0 aliphatic heterocycles. The molecule has 20 heavy (non-hydrogen) atoms. The molecule has 0 fully saturated rings. The minimum absolute atomic E-state index is 0.191. The quantitative estimate of drug-likeness (QED) is 0.846. The molecule has 2 rings (SSSR count). The predicted octanol–water partition coefficient (Wildman–Crippen LogP) is 4.31. The normalized spacial score (nSPS) is 11.2. The van der Waals surface area contributed by atoms with Gasteiger partial charge in [-0.05, 0) is 6.07 Å². The smallest absolute Gasteiger partial charge is 0.494 e. The van der Waals surface area contributed by atoms with E-state index in [-0.39, 0.29) is 22.1 Å². The second kappa shape index (κ2) is 5.58. The predicted molar refractivity (Wildman–Crippen MR) is 67.9 cm³/mol. The van der Waals surface area contributed by atoms with Gasteiger partial charge in [-0.2, -0.15) is 0 Å². The first-order valence-electron chi connectivity index (χ1n) is 5.45. The monoisotopic (exact) mass is 303 g/mol. The van der Waals surface area contributed by atoms with Crippen molar-refractivity contribution in [1.82, 2.24) is 4.98 Å². The number of methoxy groups -OCH3 is 1. The summed E-state index contributed by atoms with van der Waals surface area (Å²) in [4.78, 5) is 3.86. The highest BCUT2D eigenvalue weighted by Crippen LogP contribution is 2.40. The molecular formula is C13H9ClF3NO2. The molecule has 2 aromatic rings. The molecular weight excluding hydrogens is 295 g/mol. The maximum atomic E-state index is 12.4. The Morgan fingerprint density at radius 3 is 2.45 bits per heavy atom. The molecule has 0 unspecified atom stereocenters. The van der Waals surface area contributed by atoms with Crippen LogP contribution in [-0.4, -0.2) is 18.5 Å². The number of hydrogen-bond acceptors (Lipinski definition) is 3. The van der Waals surface area contributed by atoms with E-state index in [9.17, 15) is 13.2 Å². The lowest BCUT2D eigenvalue weighted by atomic mass is 10.1. The van der Waals surface area contributed by atoms with E-state index >= 15 is 0 Å². The van der Waals surface area contributed by atoms with E-state index in [2.05, 4.69) is 9.72 Å². The highest BCUT2D eigenvalue weighted by molar-refractivity contribution is 6.32. The lowest BCUT2D eigenvalue weighted by molar-refractivity contribution is -0.274. The molecule has 0 atom stereocenters. The number of rotatable bonds is 3. The Balaban J connectivity index is 2.56. The molecule has 0 amide bonds. The van der Waals surface area contributed by atoms with Crippen LogP contribution >= 0.6 is 11.6 Å². The Labute approximate surface area is 117 Å². The summed E-state index contributed by atoms with van der Waals surface area (Å²) in [7, 11) is 1.37. The average molecular weight is 304 g/mol. The second-order valence-corrected chi connectivity index (χ2v) is 4.15. The zero-order chi connectivity index (χ0) is 14.8. The van der Waals surface area contributed by atoms with Crippen LogP contribution < -0.4 is 9.47 Å². The van der Waals surface area contributed by atoms with Crippen LogP contribution in [0.3, 0.4) is 0 Å². The van der Waals surface area contributed by atoms with Gasteiger partial charge in [-0.25, -0.2) is 0 Å². The van der Waals surface area contributed by atoms with Gasteiger partial charge in [0, 0.05) is 23.5 Å². The van der Waals surface area contributed by atoms with Gasteiger partial charge in [0.1, 0.15) is 16.5 Å². The van der Waals surface area contributed by atoms with E-state index < -0.39 is 6.36 Å². The average Bonchev–Trinajstić information content (AvgIpc) is 2.37. The van der Waals surface area contributed by atoms with E-state index in [0.717, 1.165) is 0 Å². The lowest BCUT2D eigenvalue weighted by Gasteiger charge is -2.15. The molecule has 1 aromatic carbocycles. The number of para-hydroxylation sites is 1. The maximum absolute atomic E-state index is 12.4. The number of hydrogen-bond donors (Lipinski definition) is 0. The Morgan fingerprint density at radius 1 is 1.10 bits per heavy atom. The summed E-state index contributed by atoms with van der Waals surface area (Å²) < 4.78 is 46.3. The van der Waals surface area contributed by atoms with Gasteiger partial charge in [-0.1, -0.05) is 29.8 Å². The first kappa shape index (κ1) is 14.5. The first-order chi connectivity index (χ1) is 9.42. The minimum Gasteiger partial charge on any atom is -0.494 e. The van der Waals surface area contributed by atoms with Gasteiger partial charge in [0.25, 0.3) is 0 Å². The van der Waals surface area contributed by atoms with Gasteiger partial charge in [0.2, 0.25) is 0 Å². The van der Waals surface area contributed by atoms with Crippen molar-refractivity contribution in [2.75, 3.05) is 7.11 Å². The summed E-state index contributed by atoms with van der Waals surface area (Å²) in [6.07, 6.45) is -2.07. The molecule has 0 spiro atoms. The van der Waals surface area contributed by atoms with Crippen molar-refractivity contribution in [2.24, 2.45) is 0 Å². The van der Waals surface area contributed by atoms with Crippen LogP contribution in [0.4, 0.5) is 13.2 Å². The molecule has 1 aromatic heterocycles. The molecule has 0 radical (unpaired) electrons. The van der Waals surface area contributed by atoms with E-state index in [1.807, 2.05) is 0 Å². The van der Waals surface area contributed by atoms with Crippen LogP contribution in [0.5, 0.6) is 11.5 Å². The molecule has 0 saturated carbocycles. The molecule has 0 aliphatic carbocycles. The molecule has 7 heteroatoms. The summed E-state index contributed by atoms with van der Waals surface area (Å²) in [5.74, 6) is -0.109. The lowest BCUT2D eigenvalue weighted by Crippen LogP contribution is -2.17. The number of pyridine rings is 1. The fourth-order valence-corrected chi connectivity index (χ4v) is 1.96. The van der Waals surface area contributed by atoms with Crippen LogP contribution in [-0.2, 0) is 0 Å². The van der Waals surface area contributed by atoms with E-state index in [4.69, 9.17) is 16.3 Å². The Hall–Kier alpha value is -1.95. The van der Waals surface area contributed by atoms with Crippen LogP contribution in [0.15, 0.2) is 36.7 Å². The number of halogens is 4. The van der Waals surface area contributed by atoms with E-state index in [1.165, 1.54) is 37.7 Å². The summed E-state index contributed by atoms with van der Waals surface area (Å²) in [5.41, 5.74) is 0.511. The van der Waals surface area contributed by atoms with Crippen molar-refractivity contribution in [3.63, 3.8) is 0 Å². The third kappa shape index (κ3) is 3.14. The van der Waals surface area contributed by atoms with Crippen LogP contribution in [0, 0.1) is 0 Å². The molecule has 106 valence electrons. The van der Waals surface area contributed by atoms with Gasteiger partial charge in [0.05, 0.1) is 7.11 Å². The largest absolute Gasteiger partial charge is 0.573 e. The Kier molecular flexibility index (Phi) is 4.04. The molecule has 0 N–H and O–H groups in total. The number of benzene rings is 1. The third-order valence-electron chi connectivity index (χ3n) is 2.46. The number of ether oxygens (including phenoxy) is 2. The van der Waals surface area contributed by atoms with Gasteiger partial charge in [0.15, 0.2) is 0 Å². The van der Waals surface area contributed by atoms with Crippen molar-refractivity contribution in [3.05, 3.63) is 41.7 Å². The first-order valence-corrected chi connectivity index (χ1v) is 5.83. The fraction of sp³-hybridized carbons (Fsp3) is 0.154. The summed E-state index contributed by atoms with van der Waals surface area (Å²) in [6.45, 7) is 0. The molecule has 0 bridgehead atoms. The molecule has 0 saturated heterocycles. The van der Waals surface area contributed by atoms with E-state index in [0.29, 0.717) is 5.56 Å². The molecule has 0 aliphatic rings. The summed E-state index contributed by atoms with van der Waals surface area (Å²) in [5, 5.41) is 0.201. The maximum Gasteiger partial charge on any atom is 0.573 e. The fourth-order valence-electron chi connectivity index (χ4n) is 1.73. The van der Waals surface area contributed by atoms with Crippen LogP contribution in [0.1, 0.15) is 0 Å². The minimum atomic E-state index is -4.78. The van der Waals surface area contributed by atoms with Crippen molar-refractivity contribution in [2.45, 2.75) is 6.36 Å². The summed E-state index contributed by atoms with van der Waals surface area (Å²) >= 11 is 5.91. The van der Waals surface area contributed by atoms with Gasteiger partial charge >= 0.3 is 6.36 Å². The Morgan fingerprint density at radius 2 is 1.80 bits per heavy atom. The zero-order valence-corrected chi connectivity index (χ0v) is 11.0. The van der Waals surface area contributed by atoms with Gasteiger partial charge < -0.3 is 9.47 Å². The van der Waals surface area contributed by atoms with Crippen molar-refractivity contribution in [3.8, 4) is 22.6 Å². The number of aromatic nitrogens is 1. The van der Waals surface area contributed by atoms with Crippen molar-refractivity contribution < 1.29 is 22.6 Å².